The number of halogens is 5. The smallest absolute Gasteiger partial charge is 0.354 e. The number of anilines is 1. The molecule has 0 atom stereocenters. The van der Waals surface area contributed by atoms with Crippen molar-refractivity contribution >= 4 is 11.7 Å². The molecule has 0 aromatic carbocycles. The maximum Gasteiger partial charge on any atom is 0.419 e. The average Bonchev–Trinajstić information content (AvgIpc) is 2.45. The van der Waals surface area contributed by atoms with Crippen LogP contribution in [0.15, 0.2) is 18.3 Å². The zero-order chi connectivity index (χ0) is 17.5. The maximum absolute atomic E-state index is 13.1. The zero-order valence-electron chi connectivity index (χ0n) is 12.7. The largest absolute Gasteiger partial charge is 0.419 e. The summed E-state index contributed by atoms with van der Waals surface area (Å²) in [4.78, 5) is 18.8. The summed E-state index contributed by atoms with van der Waals surface area (Å²) in [6.07, 6.45) is -3.98. The molecule has 0 bridgehead atoms. The van der Waals surface area contributed by atoms with Crippen molar-refractivity contribution < 1.29 is 26.7 Å². The van der Waals surface area contributed by atoms with Crippen LogP contribution in [-0.2, 0) is 11.0 Å². The van der Waals surface area contributed by atoms with E-state index in [1.165, 1.54) is 22.1 Å². The molecular weight excluding hydrogens is 333 g/mol. The predicted octanol–water partition coefficient (Wildman–Crippen LogP) is 2.79. The van der Waals surface area contributed by atoms with E-state index in [0.29, 0.717) is 0 Å². The molecule has 3 heterocycles. The summed E-state index contributed by atoms with van der Waals surface area (Å²) in [5.74, 6) is -3.68. The predicted molar refractivity (Wildman–Crippen MR) is 75.7 cm³/mol. The van der Waals surface area contributed by atoms with E-state index in [9.17, 15) is 26.7 Å². The van der Waals surface area contributed by atoms with Crippen molar-refractivity contribution in [2.24, 2.45) is 5.92 Å². The number of hydrogen-bond donors (Lipinski definition) is 0. The van der Waals surface area contributed by atoms with E-state index in [4.69, 9.17) is 0 Å². The first kappa shape index (κ1) is 16.9. The van der Waals surface area contributed by atoms with Gasteiger partial charge in [0.05, 0.1) is 11.5 Å². The van der Waals surface area contributed by atoms with Crippen LogP contribution in [0.3, 0.4) is 0 Å². The lowest BCUT2D eigenvalue weighted by Crippen LogP contribution is -2.57. The van der Waals surface area contributed by atoms with Crippen molar-refractivity contribution in [1.29, 1.82) is 0 Å². The second kappa shape index (κ2) is 5.86. The van der Waals surface area contributed by atoms with E-state index in [2.05, 4.69) is 4.98 Å². The highest BCUT2D eigenvalue weighted by Crippen LogP contribution is 2.38. The third kappa shape index (κ3) is 3.29. The topological polar surface area (TPSA) is 36.4 Å². The lowest BCUT2D eigenvalue weighted by molar-refractivity contribution is -0.142. The molecule has 0 unspecified atom stereocenters. The van der Waals surface area contributed by atoms with Crippen LogP contribution in [0.25, 0.3) is 0 Å². The number of amides is 1. The van der Waals surface area contributed by atoms with Gasteiger partial charge in [-0.05, 0) is 12.1 Å². The first-order chi connectivity index (χ1) is 11.2. The van der Waals surface area contributed by atoms with Gasteiger partial charge in [-0.15, -0.1) is 0 Å². The van der Waals surface area contributed by atoms with Crippen LogP contribution in [0.2, 0.25) is 0 Å². The summed E-state index contributed by atoms with van der Waals surface area (Å²) in [5, 5.41) is 0. The second-order valence-corrected chi connectivity index (χ2v) is 6.16. The van der Waals surface area contributed by atoms with Crippen molar-refractivity contribution in [1.82, 2.24) is 9.88 Å². The van der Waals surface area contributed by atoms with Gasteiger partial charge in [-0.25, -0.2) is 13.8 Å². The Morgan fingerprint density at radius 1 is 1.21 bits per heavy atom. The summed E-state index contributed by atoms with van der Waals surface area (Å²) in [7, 11) is 0. The lowest BCUT2D eigenvalue weighted by Gasteiger charge is -2.43. The molecule has 2 saturated heterocycles. The number of rotatable bonds is 2. The third-order valence-electron chi connectivity index (χ3n) is 4.43. The van der Waals surface area contributed by atoms with Crippen LogP contribution in [-0.4, -0.2) is 47.9 Å². The highest BCUT2D eigenvalue weighted by atomic mass is 19.4. The molecule has 24 heavy (non-hydrogen) atoms. The molecule has 0 saturated carbocycles. The Kier molecular flexibility index (Phi) is 4.13. The molecule has 0 spiro atoms. The number of pyridine rings is 1. The number of carbonyl (C=O) groups excluding carboxylic acids is 1. The fourth-order valence-electron chi connectivity index (χ4n) is 2.99. The van der Waals surface area contributed by atoms with Gasteiger partial charge in [-0.1, -0.05) is 0 Å². The molecule has 0 N–H and O–H groups in total. The Labute approximate surface area is 135 Å². The summed E-state index contributed by atoms with van der Waals surface area (Å²) in [5.41, 5.74) is -0.839. The molecule has 4 nitrogen and oxygen atoms in total. The van der Waals surface area contributed by atoms with E-state index in [1.807, 2.05) is 0 Å². The van der Waals surface area contributed by atoms with E-state index in [0.717, 1.165) is 6.07 Å². The van der Waals surface area contributed by atoms with Gasteiger partial charge in [0.2, 0.25) is 5.91 Å². The Morgan fingerprint density at radius 2 is 1.83 bits per heavy atom. The van der Waals surface area contributed by atoms with Gasteiger partial charge in [0, 0.05) is 45.2 Å². The Balaban J connectivity index is 1.61. The number of piperidine rings is 1. The lowest BCUT2D eigenvalue weighted by atomic mass is 9.96. The van der Waals surface area contributed by atoms with Crippen LogP contribution in [0.1, 0.15) is 18.4 Å². The minimum Gasteiger partial charge on any atom is -0.354 e. The zero-order valence-corrected chi connectivity index (χ0v) is 12.7. The maximum atomic E-state index is 13.1. The molecule has 2 aliphatic rings. The minimum atomic E-state index is -4.52. The molecule has 9 heteroatoms. The molecule has 2 fully saturated rings. The van der Waals surface area contributed by atoms with Crippen LogP contribution >= 0.6 is 0 Å². The van der Waals surface area contributed by atoms with Gasteiger partial charge in [0.1, 0.15) is 5.82 Å². The van der Waals surface area contributed by atoms with Crippen LogP contribution < -0.4 is 4.90 Å². The normalized spacial score (nSPS) is 21.5. The number of alkyl halides is 5. The SMILES string of the molecule is O=C(C1CN(c2ncccc2C(F)(F)F)C1)N1CCC(F)(F)CC1. The molecule has 132 valence electrons. The van der Waals surface area contributed by atoms with Crippen LogP contribution in [0.5, 0.6) is 0 Å². The summed E-state index contributed by atoms with van der Waals surface area (Å²) in [6.45, 7) is 0.205. The summed E-state index contributed by atoms with van der Waals surface area (Å²) >= 11 is 0. The molecule has 1 aromatic rings. The van der Waals surface area contributed by atoms with Crippen LogP contribution in [0.4, 0.5) is 27.8 Å². The Bertz CT molecular complexity index is 618. The Morgan fingerprint density at radius 3 is 2.42 bits per heavy atom. The Hall–Kier alpha value is -1.93. The van der Waals surface area contributed by atoms with Gasteiger partial charge < -0.3 is 9.80 Å². The van der Waals surface area contributed by atoms with E-state index < -0.39 is 23.6 Å². The van der Waals surface area contributed by atoms with E-state index in [1.54, 1.807) is 0 Å². The van der Waals surface area contributed by atoms with Gasteiger partial charge >= 0.3 is 6.18 Å². The van der Waals surface area contributed by atoms with Crippen LogP contribution in [0, 0.1) is 5.92 Å². The molecule has 0 aliphatic carbocycles. The van der Waals surface area contributed by atoms with Gasteiger partial charge in [0.15, 0.2) is 0 Å². The van der Waals surface area contributed by atoms with E-state index >= 15 is 0 Å². The summed E-state index contributed by atoms with van der Waals surface area (Å²) < 4.78 is 65.2. The van der Waals surface area contributed by atoms with Crippen molar-refractivity contribution in [3.05, 3.63) is 23.9 Å². The van der Waals surface area contributed by atoms with Crippen molar-refractivity contribution in [3.8, 4) is 0 Å². The quantitative estimate of drug-likeness (QED) is 0.771. The number of likely N-dealkylation sites (tertiary alicyclic amines) is 1. The first-order valence-corrected chi connectivity index (χ1v) is 7.61. The third-order valence-corrected chi connectivity index (χ3v) is 4.43. The molecule has 1 aromatic heterocycles. The number of nitrogens with zero attached hydrogens (tertiary/aromatic N) is 3. The second-order valence-electron chi connectivity index (χ2n) is 6.16. The van der Waals surface area contributed by atoms with Crippen molar-refractivity contribution in [3.63, 3.8) is 0 Å². The highest BCUT2D eigenvalue weighted by Gasteiger charge is 2.43. The first-order valence-electron chi connectivity index (χ1n) is 7.61. The fourth-order valence-corrected chi connectivity index (χ4v) is 2.99. The van der Waals surface area contributed by atoms with Gasteiger partial charge in [-0.3, -0.25) is 4.79 Å². The molecule has 0 radical (unpaired) electrons. The standard InChI is InChI=1S/C15H16F5N3O/c16-14(17)3-6-22(7-4-14)13(24)10-8-23(9-10)12-11(15(18,19)20)2-1-5-21-12/h1-2,5,10H,3-4,6-9H2. The van der Waals surface area contributed by atoms with Gasteiger partial charge in [-0.2, -0.15) is 13.2 Å². The number of hydrogen-bond acceptors (Lipinski definition) is 3. The average molecular weight is 349 g/mol. The van der Waals surface area contributed by atoms with E-state index in [-0.39, 0.29) is 50.7 Å². The monoisotopic (exact) mass is 349 g/mol. The molecule has 2 aliphatic heterocycles. The number of carbonyl (C=O) groups is 1. The number of aromatic nitrogens is 1. The minimum absolute atomic E-state index is 0.0142. The van der Waals surface area contributed by atoms with Gasteiger partial charge in [0.25, 0.3) is 5.92 Å². The summed E-state index contributed by atoms with van der Waals surface area (Å²) in [6, 6.07) is 2.16. The van der Waals surface area contributed by atoms with Crippen molar-refractivity contribution in [2.45, 2.75) is 24.9 Å². The highest BCUT2D eigenvalue weighted by molar-refractivity contribution is 5.82. The fraction of sp³-hybridized carbons (Fsp3) is 0.600. The molecular formula is C15H16F5N3O. The van der Waals surface area contributed by atoms with Crippen molar-refractivity contribution in [2.75, 3.05) is 31.1 Å². The molecule has 3 rings (SSSR count). The molecule has 1 amide bonds.